The Morgan fingerprint density at radius 1 is 1.29 bits per heavy atom. The molecule has 0 saturated carbocycles. The van der Waals surface area contributed by atoms with Gasteiger partial charge in [0, 0.05) is 18.2 Å². The highest BCUT2D eigenvalue weighted by molar-refractivity contribution is 5.67. The molecule has 0 bridgehead atoms. The first-order valence-electron chi connectivity index (χ1n) is 6.22. The monoisotopic (exact) mass is 307 g/mol. The summed E-state index contributed by atoms with van der Waals surface area (Å²) in [6, 6.07) is 3.49. The lowest BCUT2D eigenvalue weighted by Crippen LogP contribution is -2.53. The van der Waals surface area contributed by atoms with Crippen LogP contribution in [0.3, 0.4) is 0 Å². The minimum absolute atomic E-state index is 0.00976. The fourth-order valence-corrected chi connectivity index (χ4v) is 2.18. The van der Waals surface area contributed by atoms with Gasteiger partial charge in [-0.25, -0.2) is 4.39 Å². The van der Waals surface area contributed by atoms with Crippen LogP contribution in [0.5, 0.6) is 5.75 Å². The molecule has 3 nitrogen and oxygen atoms in total. The van der Waals surface area contributed by atoms with E-state index in [4.69, 9.17) is 10.1 Å². The molecule has 2 N–H and O–H groups in total. The lowest BCUT2D eigenvalue weighted by atomic mass is 9.77. The van der Waals surface area contributed by atoms with Crippen LogP contribution >= 0.6 is 0 Å². The Bertz CT molecular complexity index is 518. The lowest BCUT2D eigenvalue weighted by Gasteiger charge is -2.36. The molecule has 0 fully saturated rings. The first-order chi connectivity index (χ1) is 9.58. The summed E-state index contributed by atoms with van der Waals surface area (Å²) in [4.78, 5) is 0. The highest BCUT2D eigenvalue weighted by Crippen LogP contribution is 2.43. The van der Waals surface area contributed by atoms with E-state index in [0.29, 0.717) is 5.56 Å². The number of halogens is 4. The van der Waals surface area contributed by atoms with Crippen LogP contribution in [0.4, 0.5) is 17.6 Å². The maximum Gasteiger partial charge on any atom is 0.422 e. The molecule has 0 radical (unpaired) electrons. The fraction of sp³-hybridized carbons (Fsp3) is 0.500. The van der Waals surface area contributed by atoms with Gasteiger partial charge in [0.15, 0.2) is 5.60 Å². The quantitative estimate of drug-likeness (QED) is 0.646. The molecule has 0 aliphatic carbocycles. The van der Waals surface area contributed by atoms with Crippen molar-refractivity contribution in [3.63, 3.8) is 0 Å². The fourth-order valence-electron chi connectivity index (χ4n) is 2.18. The molecule has 3 atom stereocenters. The summed E-state index contributed by atoms with van der Waals surface area (Å²) in [5.41, 5.74) is -2.93. The molecule has 21 heavy (non-hydrogen) atoms. The van der Waals surface area contributed by atoms with Crippen molar-refractivity contribution < 1.29 is 27.4 Å². The number of methoxy groups -OCH3 is 1. The standard InChI is InChI=1S/C14H17F4NO2/c1-8(9(2)13(20,7-19)14(16,17)18)11-5-4-10(15)6-12(11)21-3/h4-9,19-20H,1-3H3. The van der Waals surface area contributed by atoms with E-state index in [9.17, 15) is 22.7 Å². The third-order valence-corrected chi connectivity index (χ3v) is 3.80. The van der Waals surface area contributed by atoms with Crippen molar-refractivity contribution in [1.82, 2.24) is 0 Å². The van der Waals surface area contributed by atoms with Crippen LogP contribution in [0, 0.1) is 17.1 Å². The van der Waals surface area contributed by atoms with Crippen LogP contribution < -0.4 is 4.74 Å². The highest BCUT2D eigenvalue weighted by atomic mass is 19.4. The summed E-state index contributed by atoms with van der Waals surface area (Å²) in [6.45, 7) is 2.65. The van der Waals surface area contributed by atoms with Crippen LogP contribution in [-0.4, -0.2) is 30.2 Å². The van der Waals surface area contributed by atoms with Gasteiger partial charge < -0.3 is 15.3 Å². The van der Waals surface area contributed by atoms with Crippen LogP contribution in [0.2, 0.25) is 0 Å². The Morgan fingerprint density at radius 3 is 2.29 bits per heavy atom. The first-order valence-corrected chi connectivity index (χ1v) is 6.22. The lowest BCUT2D eigenvalue weighted by molar-refractivity contribution is -0.246. The Hall–Kier alpha value is -1.63. The van der Waals surface area contributed by atoms with E-state index >= 15 is 0 Å². The number of rotatable bonds is 5. The van der Waals surface area contributed by atoms with Crippen LogP contribution in [0.25, 0.3) is 0 Å². The van der Waals surface area contributed by atoms with Crippen molar-refractivity contribution in [2.24, 2.45) is 5.92 Å². The van der Waals surface area contributed by atoms with Crippen LogP contribution in [-0.2, 0) is 0 Å². The summed E-state index contributed by atoms with van der Waals surface area (Å²) < 4.78 is 57.1. The summed E-state index contributed by atoms with van der Waals surface area (Å²) in [5, 5.41) is 16.7. The Morgan fingerprint density at radius 2 is 1.86 bits per heavy atom. The molecule has 1 rings (SSSR count). The van der Waals surface area contributed by atoms with Gasteiger partial charge in [-0.3, -0.25) is 0 Å². The second-order valence-corrected chi connectivity index (χ2v) is 4.93. The molecule has 118 valence electrons. The van der Waals surface area contributed by atoms with Crippen molar-refractivity contribution in [3.8, 4) is 5.75 Å². The van der Waals surface area contributed by atoms with Gasteiger partial charge in [-0.05, 0) is 17.5 Å². The minimum atomic E-state index is -4.98. The Balaban J connectivity index is 3.24. The van der Waals surface area contributed by atoms with Crippen molar-refractivity contribution in [2.45, 2.75) is 31.5 Å². The number of alkyl halides is 3. The Labute approximate surface area is 120 Å². The van der Waals surface area contributed by atoms with Gasteiger partial charge >= 0.3 is 6.18 Å². The van der Waals surface area contributed by atoms with E-state index in [1.54, 1.807) is 0 Å². The van der Waals surface area contributed by atoms with Crippen molar-refractivity contribution in [2.75, 3.05) is 7.11 Å². The van der Waals surface area contributed by atoms with Gasteiger partial charge in [0.25, 0.3) is 0 Å². The van der Waals surface area contributed by atoms with Crippen molar-refractivity contribution in [3.05, 3.63) is 29.6 Å². The van der Waals surface area contributed by atoms with E-state index in [2.05, 4.69) is 0 Å². The molecule has 1 aromatic carbocycles. The molecular weight excluding hydrogens is 290 g/mol. The average Bonchev–Trinajstić information content (AvgIpc) is 2.43. The molecule has 0 heterocycles. The molecule has 0 aliphatic heterocycles. The van der Waals surface area contributed by atoms with E-state index in [1.165, 1.54) is 27.0 Å². The normalized spacial score (nSPS) is 17.7. The number of hydrogen-bond donors (Lipinski definition) is 2. The number of aliphatic hydroxyl groups is 1. The second kappa shape index (κ2) is 6.01. The second-order valence-electron chi connectivity index (χ2n) is 4.93. The predicted molar refractivity (Wildman–Crippen MR) is 70.3 cm³/mol. The SMILES string of the molecule is COc1cc(F)ccc1C(C)C(C)C(O)(C=N)C(F)(F)F. The van der Waals surface area contributed by atoms with Crippen molar-refractivity contribution in [1.29, 1.82) is 5.41 Å². The average molecular weight is 307 g/mol. The van der Waals surface area contributed by atoms with Gasteiger partial charge in [-0.1, -0.05) is 19.9 Å². The predicted octanol–water partition coefficient (Wildman–Crippen LogP) is 3.52. The Kier molecular flexibility index (Phi) is 4.99. The molecule has 0 amide bonds. The zero-order valence-corrected chi connectivity index (χ0v) is 11.8. The molecule has 3 unspecified atom stereocenters. The minimum Gasteiger partial charge on any atom is -0.496 e. The molecule has 7 heteroatoms. The van der Waals surface area contributed by atoms with Gasteiger partial charge in [-0.2, -0.15) is 13.2 Å². The molecule has 0 aliphatic rings. The summed E-state index contributed by atoms with van der Waals surface area (Å²) >= 11 is 0. The van der Waals surface area contributed by atoms with Gasteiger partial charge in [-0.15, -0.1) is 0 Å². The number of ether oxygens (including phenoxy) is 1. The van der Waals surface area contributed by atoms with E-state index in [-0.39, 0.29) is 12.0 Å². The zero-order valence-electron chi connectivity index (χ0n) is 11.8. The number of benzene rings is 1. The largest absolute Gasteiger partial charge is 0.496 e. The third kappa shape index (κ3) is 3.18. The van der Waals surface area contributed by atoms with Gasteiger partial charge in [0.2, 0.25) is 0 Å². The molecule has 1 aromatic rings. The van der Waals surface area contributed by atoms with E-state index in [0.717, 1.165) is 12.1 Å². The first kappa shape index (κ1) is 17.4. The summed E-state index contributed by atoms with van der Waals surface area (Å²) in [5.74, 6) is -2.64. The summed E-state index contributed by atoms with van der Waals surface area (Å²) in [7, 11) is 1.28. The van der Waals surface area contributed by atoms with E-state index < -0.39 is 29.4 Å². The topological polar surface area (TPSA) is 53.3 Å². The van der Waals surface area contributed by atoms with Gasteiger partial charge in [0.05, 0.1) is 7.11 Å². The third-order valence-electron chi connectivity index (χ3n) is 3.80. The summed E-state index contributed by atoms with van der Waals surface area (Å²) in [6.07, 6.45) is -4.99. The molecular formula is C14H17F4NO2. The maximum atomic E-state index is 13.1. The van der Waals surface area contributed by atoms with Crippen molar-refractivity contribution >= 4 is 6.21 Å². The number of nitrogens with one attached hydrogen (secondary N) is 1. The smallest absolute Gasteiger partial charge is 0.422 e. The van der Waals surface area contributed by atoms with Gasteiger partial charge in [0.1, 0.15) is 11.6 Å². The maximum absolute atomic E-state index is 13.1. The van der Waals surface area contributed by atoms with Crippen LogP contribution in [0.1, 0.15) is 25.3 Å². The zero-order chi connectivity index (χ0) is 16.4. The molecule has 0 aromatic heterocycles. The molecule has 0 saturated heterocycles. The van der Waals surface area contributed by atoms with Crippen LogP contribution in [0.15, 0.2) is 18.2 Å². The highest BCUT2D eigenvalue weighted by Gasteiger charge is 2.57. The molecule has 0 spiro atoms. The van der Waals surface area contributed by atoms with E-state index in [1.807, 2.05) is 0 Å². The number of hydrogen-bond acceptors (Lipinski definition) is 3.